The highest BCUT2D eigenvalue weighted by Gasteiger charge is 2.33. The average Bonchev–Trinajstić information content (AvgIpc) is 2.64. The zero-order valence-electron chi connectivity index (χ0n) is 7.95. The molecular weight excluding hydrogens is 237 g/mol. The van der Waals surface area contributed by atoms with E-state index in [2.05, 4.69) is 0 Å². The summed E-state index contributed by atoms with van der Waals surface area (Å²) >= 11 is 0.927. The third kappa shape index (κ3) is 2.04. The number of benzene rings is 1. The van der Waals surface area contributed by atoms with Crippen molar-refractivity contribution in [2.75, 3.05) is 0 Å². The topological polar surface area (TPSA) is 20.2 Å². The monoisotopic (exact) mass is 244 g/mol. The molecule has 1 aromatic heterocycles. The summed E-state index contributed by atoms with van der Waals surface area (Å²) in [4.78, 5) is 0.408. The third-order valence-corrected chi connectivity index (χ3v) is 3.01. The first-order valence-corrected chi connectivity index (χ1v) is 5.25. The summed E-state index contributed by atoms with van der Waals surface area (Å²) in [6, 6.07) is 8.18. The molecule has 0 bridgehead atoms. The van der Waals surface area contributed by atoms with Crippen molar-refractivity contribution in [2.24, 2.45) is 0 Å². The lowest BCUT2D eigenvalue weighted by Gasteiger charge is -2.10. The molecule has 1 aromatic carbocycles. The van der Waals surface area contributed by atoms with Crippen LogP contribution in [0.25, 0.3) is 10.4 Å². The van der Waals surface area contributed by atoms with Crippen LogP contribution < -0.4 is 0 Å². The van der Waals surface area contributed by atoms with Crippen LogP contribution in [0.3, 0.4) is 0 Å². The highest BCUT2D eigenvalue weighted by Crippen LogP contribution is 2.40. The molecule has 0 aliphatic heterocycles. The van der Waals surface area contributed by atoms with Crippen LogP contribution in [0.5, 0.6) is 5.06 Å². The van der Waals surface area contributed by atoms with Crippen LogP contribution >= 0.6 is 11.3 Å². The minimum Gasteiger partial charge on any atom is -0.499 e. The molecule has 0 amide bonds. The second kappa shape index (κ2) is 3.83. The molecule has 2 aromatic rings. The van der Waals surface area contributed by atoms with E-state index in [1.807, 2.05) is 0 Å². The van der Waals surface area contributed by atoms with E-state index in [0.717, 1.165) is 17.4 Å². The number of alkyl halides is 3. The van der Waals surface area contributed by atoms with Gasteiger partial charge in [-0.15, -0.1) is 0 Å². The van der Waals surface area contributed by atoms with Crippen LogP contribution in [0.1, 0.15) is 5.56 Å². The lowest BCUT2D eigenvalue weighted by Crippen LogP contribution is -2.06. The predicted molar refractivity (Wildman–Crippen MR) is 56.4 cm³/mol. The number of aromatic hydroxyl groups is 1. The Labute approximate surface area is 93.8 Å². The van der Waals surface area contributed by atoms with Gasteiger partial charge in [0.05, 0.1) is 5.56 Å². The van der Waals surface area contributed by atoms with Crippen LogP contribution in [-0.2, 0) is 6.18 Å². The van der Waals surface area contributed by atoms with Crippen LogP contribution in [0.2, 0.25) is 0 Å². The molecule has 0 spiro atoms. The zero-order chi connectivity index (χ0) is 11.8. The summed E-state index contributed by atoms with van der Waals surface area (Å²) in [6.45, 7) is 0. The summed E-state index contributed by atoms with van der Waals surface area (Å²) < 4.78 is 38.0. The van der Waals surface area contributed by atoms with Crippen LogP contribution in [-0.4, -0.2) is 5.11 Å². The third-order valence-electron chi connectivity index (χ3n) is 2.09. The molecule has 1 nitrogen and oxygen atoms in total. The average molecular weight is 244 g/mol. The van der Waals surface area contributed by atoms with Gasteiger partial charge in [-0.3, -0.25) is 0 Å². The lowest BCUT2D eigenvalue weighted by atomic mass is 10.1. The molecule has 0 aliphatic carbocycles. The molecular formula is C11H7F3OS. The van der Waals surface area contributed by atoms with E-state index in [0.29, 0.717) is 4.88 Å². The van der Waals surface area contributed by atoms with Gasteiger partial charge in [-0.25, -0.2) is 0 Å². The maximum atomic E-state index is 12.7. The molecule has 5 heteroatoms. The molecule has 0 saturated carbocycles. The Bertz CT molecular complexity index is 502. The second-order valence-electron chi connectivity index (χ2n) is 3.18. The Morgan fingerprint density at radius 1 is 1.00 bits per heavy atom. The van der Waals surface area contributed by atoms with Gasteiger partial charge in [0.1, 0.15) is 0 Å². The Hall–Kier alpha value is -1.49. The number of hydrogen-bond donors (Lipinski definition) is 1. The van der Waals surface area contributed by atoms with Crippen LogP contribution in [0.4, 0.5) is 13.2 Å². The minimum atomic E-state index is -4.38. The number of rotatable bonds is 1. The Morgan fingerprint density at radius 3 is 2.25 bits per heavy atom. The first-order valence-electron chi connectivity index (χ1n) is 4.44. The fourth-order valence-corrected chi connectivity index (χ4v) is 2.20. The maximum Gasteiger partial charge on any atom is 0.417 e. The first kappa shape index (κ1) is 11.0. The molecule has 2 rings (SSSR count). The summed E-state index contributed by atoms with van der Waals surface area (Å²) in [5.74, 6) is 0. The minimum absolute atomic E-state index is 0.00646. The van der Waals surface area contributed by atoms with Crippen molar-refractivity contribution < 1.29 is 18.3 Å². The fourth-order valence-electron chi connectivity index (χ4n) is 1.42. The number of thiophene rings is 1. The largest absolute Gasteiger partial charge is 0.499 e. The second-order valence-corrected chi connectivity index (χ2v) is 4.24. The van der Waals surface area contributed by atoms with Gasteiger partial charge in [-0.1, -0.05) is 29.5 Å². The Balaban J connectivity index is 2.57. The van der Waals surface area contributed by atoms with Crippen molar-refractivity contribution >= 4 is 11.3 Å². The molecule has 0 saturated heterocycles. The summed E-state index contributed by atoms with van der Waals surface area (Å²) in [5.41, 5.74) is -0.586. The quantitative estimate of drug-likeness (QED) is 0.799. The number of hydrogen-bond acceptors (Lipinski definition) is 2. The molecule has 16 heavy (non-hydrogen) atoms. The summed E-state index contributed by atoms with van der Waals surface area (Å²) in [6.07, 6.45) is -4.38. The smallest absolute Gasteiger partial charge is 0.417 e. The first-order chi connectivity index (χ1) is 7.48. The molecule has 0 fully saturated rings. The van der Waals surface area contributed by atoms with Crippen molar-refractivity contribution in [3.8, 4) is 15.5 Å². The van der Waals surface area contributed by atoms with Gasteiger partial charge in [0.2, 0.25) is 0 Å². The fraction of sp³-hybridized carbons (Fsp3) is 0.0909. The molecule has 0 atom stereocenters. The Kier molecular flexibility index (Phi) is 2.63. The van der Waals surface area contributed by atoms with Crippen LogP contribution in [0, 0.1) is 0 Å². The SMILES string of the molecule is Oc1ccc(-c2ccccc2C(F)(F)F)s1. The van der Waals surface area contributed by atoms with Crippen molar-refractivity contribution in [3.05, 3.63) is 42.0 Å². The highest BCUT2D eigenvalue weighted by atomic mass is 32.1. The van der Waals surface area contributed by atoms with Gasteiger partial charge in [0.15, 0.2) is 5.06 Å². The summed E-state index contributed by atoms with van der Waals surface area (Å²) in [5, 5.41) is 9.15. The molecule has 0 radical (unpaired) electrons. The van der Waals surface area contributed by atoms with Gasteiger partial charge < -0.3 is 5.11 Å². The molecule has 0 aliphatic rings. The van der Waals surface area contributed by atoms with E-state index in [4.69, 9.17) is 5.11 Å². The van der Waals surface area contributed by atoms with Crippen LogP contribution in [0.15, 0.2) is 36.4 Å². The highest BCUT2D eigenvalue weighted by molar-refractivity contribution is 7.17. The van der Waals surface area contributed by atoms with E-state index in [-0.39, 0.29) is 10.6 Å². The molecule has 1 heterocycles. The lowest BCUT2D eigenvalue weighted by molar-refractivity contribution is -0.137. The zero-order valence-corrected chi connectivity index (χ0v) is 8.77. The number of halogens is 3. The Morgan fingerprint density at radius 2 is 1.69 bits per heavy atom. The van der Waals surface area contributed by atoms with Crippen molar-refractivity contribution in [2.45, 2.75) is 6.18 Å². The standard InChI is InChI=1S/C11H7F3OS/c12-11(13,14)8-4-2-1-3-7(8)9-5-6-10(15)16-9/h1-6,15H. The maximum absolute atomic E-state index is 12.7. The van der Waals surface area contributed by atoms with E-state index in [1.54, 1.807) is 6.07 Å². The molecule has 0 unspecified atom stereocenters. The van der Waals surface area contributed by atoms with Crippen molar-refractivity contribution in [1.29, 1.82) is 0 Å². The van der Waals surface area contributed by atoms with E-state index in [9.17, 15) is 13.2 Å². The van der Waals surface area contributed by atoms with E-state index < -0.39 is 11.7 Å². The van der Waals surface area contributed by atoms with Gasteiger partial charge in [-0.05, 0) is 18.2 Å². The van der Waals surface area contributed by atoms with Gasteiger partial charge in [0, 0.05) is 10.4 Å². The van der Waals surface area contributed by atoms with E-state index in [1.165, 1.54) is 24.3 Å². The van der Waals surface area contributed by atoms with E-state index >= 15 is 0 Å². The van der Waals surface area contributed by atoms with Crippen molar-refractivity contribution in [1.82, 2.24) is 0 Å². The summed E-state index contributed by atoms with van der Waals surface area (Å²) in [7, 11) is 0. The molecule has 84 valence electrons. The van der Waals surface area contributed by atoms with Gasteiger partial charge in [0.25, 0.3) is 0 Å². The molecule has 1 N–H and O–H groups in total. The normalized spacial score (nSPS) is 11.7. The van der Waals surface area contributed by atoms with Gasteiger partial charge >= 0.3 is 6.18 Å². The predicted octanol–water partition coefficient (Wildman–Crippen LogP) is 4.14. The van der Waals surface area contributed by atoms with Gasteiger partial charge in [-0.2, -0.15) is 13.2 Å². The van der Waals surface area contributed by atoms with Crippen molar-refractivity contribution in [3.63, 3.8) is 0 Å².